The molecule has 4 heteroatoms. The predicted molar refractivity (Wildman–Crippen MR) is 93.5 cm³/mol. The summed E-state index contributed by atoms with van der Waals surface area (Å²) in [6.07, 6.45) is 0.625. The highest BCUT2D eigenvalue weighted by Gasteiger charge is 2.27. The van der Waals surface area contributed by atoms with Gasteiger partial charge in [-0.15, -0.1) is 0 Å². The molecule has 0 N–H and O–H groups in total. The normalized spacial score (nSPS) is 17.2. The summed E-state index contributed by atoms with van der Waals surface area (Å²) in [4.78, 5) is 14.6. The van der Waals surface area contributed by atoms with Crippen LogP contribution in [0.4, 0.5) is 0 Å². The van der Waals surface area contributed by atoms with E-state index in [9.17, 15) is 4.79 Å². The maximum Gasteiger partial charge on any atom is 0.229 e. The van der Waals surface area contributed by atoms with Gasteiger partial charge in [-0.25, -0.2) is 0 Å². The number of nitrogens with zero attached hydrogens (tertiary/aromatic N) is 1. The van der Waals surface area contributed by atoms with Crippen molar-refractivity contribution in [3.05, 3.63) is 60.2 Å². The number of carbonyl (C=O) groups is 1. The minimum atomic E-state index is -0.151. The third kappa shape index (κ3) is 3.53. The fourth-order valence-electron chi connectivity index (χ4n) is 3.05. The standard InChI is InChI=1S/C20H23NO3/c1-3-17(15-9-5-4-6-10-15)20(22)21(2)13-16-14-23-18-11-7-8-12-19(18)24-16/h4-12,16-17H,3,13-14H2,1-2H3/t16-,17-/m0/s1. The number of para-hydroxylation sites is 2. The van der Waals surface area contributed by atoms with Gasteiger partial charge in [-0.3, -0.25) is 4.79 Å². The first kappa shape index (κ1) is 16.4. The first-order valence-electron chi connectivity index (χ1n) is 8.37. The molecule has 2 aromatic rings. The van der Waals surface area contributed by atoms with Crippen molar-refractivity contribution in [2.45, 2.75) is 25.4 Å². The molecule has 1 amide bonds. The lowest BCUT2D eigenvalue weighted by Gasteiger charge is -2.31. The number of fused-ring (bicyclic) bond motifs is 1. The molecule has 0 spiro atoms. The van der Waals surface area contributed by atoms with Crippen LogP contribution in [0.1, 0.15) is 24.8 Å². The Balaban J connectivity index is 1.64. The summed E-state index contributed by atoms with van der Waals surface area (Å²) in [6, 6.07) is 17.6. The molecule has 1 aliphatic heterocycles. The fraction of sp³-hybridized carbons (Fsp3) is 0.350. The van der Waals surface area contributed by atoms with Gasteiger partial charge in [0.05, 0.1) is 12.5 Å². The van der Waals surface area contributed by atoms with Gasteiger partial charge >= 0.3 is 0 Å². The van der Waals surface area contributed by atoms with Crippen LogP contribution in [0.3, 0.4) is 0 Å². The number of carbonyl (C=O) groups excluding carboxylic acids is 1. The van der Waals surface area contributed by atoms with Crippen LogP contribution in [0, 0.1) is 0 Å². The lowest BCUT2D eigenvalue weighted by atomic mass is 9.95. The van der Waals surface area contributed by atoms with Crippen molar-refractivity contribution in [1.82, 2.24) is 4.90 Å². The van der Waals surface area contributed by atoms with E-state index in [0.29, 0.717) is 13.2 Å². The van der Waals surface area contributed by atoms with Gasteiger partial charge in [0.25, 0.3) is 0 Å². The Kier molecular flexibility index (Phi) is 5.04. The molecule has 0 bridgehead atoms. The molecule has 1 heterocycles. The van der Waals surface area contributed by atoms with Crippen LogP contribution in [-0.2, 0) is 4.79 Å². The van der Waals surface area contributed by atoms with E-state index in [4.69, 9.17) is 9.47 Å². The molecule has 126 valence electrons. The van der Waals surface area contributed by atoms with Crippen molar-refractivity contribution < 1.29 is 14.3 Å². The van der Waals surface area contributed by atoms with Crippen LogP contribution in [0.2, 0.25) is 0 Å². The van der Waals surface area contributed by atoms with Gasteiger partial charge in [0.1, 0.15) is 6.61 Å². The lowest BCUT2D eigenvalue weighted by molar-refractivity contribution is -0.133. The molecule has 0 fully saturated rings. The lowest BCUT2D eigenvalue weighted by Crippen LogP contribution is -2.43. The first-order chi connectivity index (χ1) is 11.7. The van der Waals surface area contributed by atoms with E-state index in [2.05, 4.69) is 0 Å². The third-order valence-electron chi connectivity index (χ3n) is 4.33. The summed E-state index contributed by atoms with van der Waals surface area (Å²) >= 11 is 0. The number of benzene rings is 2. The molecule has 2 aromatic carbocycles. The highest BCUT2D eigenvalue weighted by atomic mass is 16.6. The minimum absolute atomic E-state index is 0.117. The maximum atomic E-state index is 12.8. The maximum absolute atomic E-state index is 12.8. The number of rotatable bonds is 5. The van der Waals surface area contributed by atoms with Crippen molar-refractivity contribution in [3.8, 4) is 11.5 Å². The molecule has 0 saturated heterocycles. The summed E-state index contributed by atoms with van der Waals surface area (Å²) in [5, 5.41) is 0. The first-order valence-corrected chi connectivity index (χ1v) is 8.37. The van der Waals surface area contributed by atoms with E-state index < -0.39 is 0 Å². The van der Waals surface area contributed by atoms with E-state index in [1.54, 1.807) is 4.90 Å². The van der Waals surface area contributed by atoms with E-state index in [1.165, 1.54) is 0 Å². The largest absolute Gasteiger partial charge is 0.486 e. The minimum Gasteiger partial charge on any atom is -0.486 e. The highest BCUT2D eigenvalue weighted by Crippen LogP contribution is 2.31. The SMILES string of the molecule is CC[C@H](C(=O)N(C)C[C@H]1COc2ccccc2O1)c1ccccc1. The topological polar surface area (TPSA) is 38.8 Å². The van der Waals surface area contributed by atoms with Crippen LogP contribution < -0.4 is 9.47 Å². The van der Waals surface area contributed by atoms with E-state index in [0.717, 1.165) is 23.5 Å². The second kappa shape index (κ2) is 7.39. The van der Waals surface area contributed by atoms with Gasteiger partial charge in [-0.2, -0.15) is 0 Å². The summed E-state index contributed by atoms with van der Waals surface area (Å²) < 4.78 is 11.7. The van der Waals surface area contributed by atoms with Gasteiger partial charge in [0.15, 0.2) is 17.6 Å². The molecule has 3 rings (SSSR count). The third-order valence-corrected chi connectivity index (χ3v) is 4.33. The molecule has 0 radical (unpaired) electrons. The summed E-state index contributed by atoms with van der Waals surface area (Å²) in [5.74, 6) is 1.50. The highest BCUT2D eigenvalue weighted by molar-refractivity contribution is 5.83. The van der Waals surface area contributed by atoms with Gasteiger partial charge in [-0.1, -0.05) is 49.4 Å². The van der Waals surface area contributed by atoms with Crippen LogP contribution in [0.25, 0.3) is 0 Å². The molecule has 0 unspecified atom stereocenters. The molecule has 0 aliphatic carbocycles. The van der Waals surface area contributed by atoms with Crippen molar-refractivity contribution in [2.75, 3.05) is 20.2 Å². The van der Waals surface area contributed by atoms with E-state index in [-0.39, 0.29) is 17.9 Å². The quantitative estimate of drug-likeness (QED) is 0.845. The average molecular weight is 325 g/mol. The Morgan fingerprint density at radius 1 is 1.12 bits per heavy atom. The van der Waals surface area contributed by atoms with Gasteiger partial charge in [-0.05, 0) is 24.1 Å². The van der Waals surface area contributed by atoms with E-state index >= 15 is 0 Å². The Hall–Kier alpha value is -2.49. The van der Waals surface area contributed by atoms with Crippen LogP contribution in [-0.4, -0.2) is 37.1 Å². The number of hydrogen-bond acceptors (Lipinski definition) is 3. The average Bonchev–Trinajstić information content (AvgIpc) is 2.63. The monoisotopic (exact) mass is 325 g/mol. The zero-order valence-corrected chi connectivity index (χ0v) is 14.1. The van der Waals surface area contributed by atoms with Gasteiger partial charge in [0.2, 0.25) is 5.91 Å². The summed E-state index contributed by atoms with van der Waals surface area (Å²) in [7, 11) is 1.83. The van der Waals surface area contributed by atoms with Crippen LogP contribution >= 0.6 is 0 Å². The van der Waals surface area contributed by atoms with Crippen molar-refractivity contribution >= 4 is 5.91 Å². The van der Waals surface area contributed by atoms with Crippen LogP contribution in [0.5, 0.6) is 11.5 Å². The van der Waals surface area contributed by atoms with Crippen molar-refractivity contribution in [2.24, 2.45) is 0 Å². The second-order valence-electron chi connectivity index (χ2n) is 6.09. The Bertz CT molecular complexity index is 686. The Labute approximate surface area is 143 Å². The number of ether oxygens (including phenoxy) is 2. The zero-order chi connectivity index (χ0) is 16.9. The molecular formula is C20H23NO3. The molecule has 2 atom stereocenters. The van der Waals surface area contributed by atoms with Crippen LogP contribution in [0.15, 0.2) is 54.6 Å². The number of hydrogen-bond donors (Lipinski definition) is 0. The number of likely N-dealkylation sites (N-methyl/N-ethyl adjacent to an activating group) is 1. The summed E-state index contributed by atoms with van der Waals surface area (Å²) in [5.41, 5.74) is 1.06. The van der Waals surface area contributed by atoms with Gasteiger partial charge in [0, 0.05) is 7.05 Å². The smallest absolute Gasteiger partial charge is 0.229 e. The molecular weight excluding hydrogens is 302 g/mol. The fourth-order valence-corrected chi connectivity index (χ4v) is 3.05. The molecule has 0 saturated carbocycles. The Morgan fingerprint density at radius 3 is 2.50 bits per heavy atom. The summed E-state index contributed by atoms with van der Waals surface area (Å²) in [6.45, 7) is 3.01. The molecule has 0 aromatic heterocycles. The zero-order valence-electron chi connectivity index (χ0n) is 14.1. The van der Waals surface area contributed by atoms with Crippen molar-refractivity contribution in [1.29, 1.82) is 0 Å². The predicted octanol–water partition coefficient (Wildman–Crippen LogP) is 3.48. The van der Waals surface area contributed by atoms with Gasteiger partial charge < -0.3 is 14.4 Å². The molecule has 4 nitrogen and oxygen atoms in total. The molecule has 1 aliphatic rings. The molecule has 24 heavy (non-hydrogen) atoms. The van der Waals surface area contributed by atoms with Crippen molar-refractivity contribution in [3.63, 3.8) is 0 Å². The Morgan fingerprint density at radius 2 is 1.79 bits per heavy atom. The second-order valence-corrected chi connectivity index (χ2v) is 6.09. The number of amides is 1. The van der Waals surface area contributed by atoms with E-state index in [1.807, 2.05) is 68.6 Å².